The summed E-state index contributed by atoms with van der Waals surface area (Å²) in [5.74, 6) is 0.821. The Labute approximate surface area is 123 Å². The molecule has 0 aromatic heterocycles. The van der Waals surface area contributed by atoms with Crippen molar-refractivity contribution in [1.82, 2.24) is 10.6 Å². The number of aliphatic imine (C=N–C) groups is 1. The Morgan fingerprint density at radius 3 is 2.84 bits per heavy atom. The van der Waals surface area contributed by atoms with E-state index < -0.39 is 0 Å². The summed E-state index contributed by atoms with van der Waals surface area (Å²) < 4.78 is 6.37. The molecule has 0 saturated carbocycles. The molecule has 0 atom stereocenters. The van der Waals surface area contributed by atoms with Crippen LogP contribution in [0.4, 0.5) is 0 Å². The summed E-state index contributed by atoms with van der Waals surface area (Å²) in [6, 6.07) is 8.18. The molecule has 2 N–H and O–H groups in total. The maximum atomic E-state index is 5.29. The van der Waals surface area contributed by atoms with E-state index in [-0.39, 0.29) is 0 Å². The second kappa shape index (κ2) is 9.81. The fourth-order valence-electron chi connectivity index (χ4n) is 1.53. The van der Waals surface area contributed by atoms with Gasteiger partial charge in [-0.3, -0.25) is 0 Å². The van der Waals surface area contributed by atoms with Crippen molar-refractivity contribution in [3.63, 3.8) is 0 Å². The van der Waals surface area contributed by atoms with E-state index in [0.717, 1.165) is 30.1 Å². The first-order valence-electron chi connectivity index (χ1n) is 6.60. The Bertz CT molecular complexity index is 396. The van der Waals surface area contributed by atoms with Crippen LogP contribution >= 0.6 is 15.9 Å². The Kier molecular flexibility index (Phi) is 8.25. The number of rotatable bonds is 7. The van der Waals surface area contributed by atoms with E-state index in [1.807, 2.05) is 19.1 Å². The predicted octanol–water partition coefficient (Wildman–Crippen LogP) is 2.54. The van der Waals surface area contributed by atoms with Gasteiger partial charge in [0, 0.05) is 24.2 Å². The fourth-order valence-corrected chi connectivity index (χ4v) is 1.98. The third-order valence-electron chi connectivity index (χ3n) is 2.40. The topological polar surface area (TPSA) is 45.7 Å². The van der Waals surface area contributed by atoms with E-state index in [0.29, 0.717) is 13.2 Å². The fraction of sp³-hybridized carbons (Fsp3) is 0.500. The lowest BCUT2D eigenvalue weighted by Crippen LogP contribution is -2.39. The summed E-state index contributed by atoms with van der Waals surface area (Å²) >= 11 is 3.46. The summed E-state index contributed by atoms with van der Waals surface area (Å²) in [6.07, 6.45) is 0. The number of ether oxygens (including phenoxy) is 1. The van der Waals surface area contributed by atoms with Crippen molar-refractivity contribution in [3.8, 4) is 0 Å². The van der Waals surface area contributed by atoms with Crippen molar-refractivity contribution >= 4 is 21.9 Å². The summed E-state index contributed by atoms with van der Waals surface area (Å²) in [7, 11) is 0. The van der Waals surface area contributed by atoms with Gasteiger partial charge in [-0.15, -0.1) is 0 Å². The van der Waals surface area contributed by atoms with Gasteiger partial charge in [0.25, 0.3) is 0 Å². The Morgan fingerprint density at radius 1 is 1.32 bits per heavy atom. The standard InChI is InChI=1S/C14H22BrN3O/c1-3-16-14(17-8-9-19-4-2)18-11-12-6-5-7-13(15)10-12/h5-7,10H,3-4,8-9,11H2,1-2H3,(H2,16,17,18). The molecule has 0 aliphatic heterocycles. The molecule has 4 nitrogen and oxygen atoms in total. The normalized spacial score (nSPS) is 11.4. The lowest BCUT2D eigenvalue weighted by atomic mass is 10.2. The molecule has 19 heavy (non-hydrogen) atoms. The van der Waals surface area contributed by atoms with Crippen LogP contribution in [-0.2, 0) is 11.3 Å². The van der Waals surface area contributed by atoms with Crippen molar-refractivity contribution in [2.24, 2.45) is 4.99 Å². The average Bonchev–Trinajstić information content (AvgIpc) is 2.41. The van der Waals surface area contributed by atoms with Crippen LogP contribution in [0.25, 0.3) is 0 Å². The monoisotopic (exact) mass is 327 g/mol. The maximum absolute atomic E-state index is 5.29. The number of nitrogens with one attached hydrogen (secondary N) is 2. The first-order chi connectivity index (χ1) is 9.26. The van der Waals surface area contributed by atoms with Gasteiger partial charge < -0.3 is 15.4 Å². The van der Waals surface area contributed by atoms with Gasteiger partial charge in [-0.1, -0.05) is 28.1 Å². The molecule has 0 radical (unpaired) electrons. The molecule has 1 aromatic carbocycles. The summed E-state index contributed by atoms with van der Waals surface area (Å²) in [5, 5.41) is 6.46. The minimum atomic E-state index is 0.656. The van der Waals surface area contributed by atoms with Crippen LogP contribution < -0.4 is 10.6 Å². The number of halogens is 1. The molecule has 106 valence electrons. The number of guanidine groups is 1. The van der Waals surface area contributed by atoms with Crippen LogP contribution in [0, 0.1) is 0 Å². The van der Waals surface area contributed by atoms with E-state index in [2.05, 4.69) is 50.6 Å². The highest BCUT2D eigenvalue weighted by molar-refractivity contribution is 9.10. The molecule has 1 aromatic rings. The highest BCUT2D eigenvalue weighted by atomic mass is 79.9. The molecule has 5 heteroatoms. The smallest absolute Gasteiger partial charge is 0.191 e. The molecule has 0 heterocycles. The molecule has 0 unspecified atom stereocenters. The quantitative estimate of drug-likeness (QED) is 0.459. The van der Waals surface area contributed by atoms with Gasteiger partial charge in [0.15, 0.2) is 5.96 Å². The Hall–Kier alpha value is -1.07. The van der Waals surface area contributed by atoms with Crippen molar-refractivity contribution in [3.05, 3.63) is 34.3 Å². The predicted molar refractivity (Wildman–Crippen MR) is 83.5 cm³/mol. The molecule has 0 fully saturated rings. The van der Waals surface area contributed by atoms with Crippen molar-refractivity contribution in [2.75, 3.05) is 26.3 Å². The van der Waals surface area contributed by atoms with E-state index in [4.69, 9.17) is 4.74 Å². The van der Waals surface area contributed by atoms with E-state index in [1.165, 1.54) is 5.56 Å². The summed E-state index contributed by atoms with van der Waals surface area (Å²) in [5.41, 5.74) is 1.18. The van der Waals surface area contributed by atoms with Crippen LogP contribution in [0.3, 0.4) is 0 Å². The third-order valence-corrected chi connectivity index (χ3v) is 2.89. The molecule has 0 spiro atoms. The van der Waals surface area contributed by atoms with Crippen LogP contribution in [0.1, 0.15) is 19.4 Å². The summed E-state index contributed by atoms with van der Waals surface area (Å²) in [6.45, 7) is 7.75. The van der Waals surface area contributed by atoms with Gasteiger partial charge in [-0.05, 0) is 31.5 Å². The van der Waals surface area contributed by atoms with Crippen molar-refractivity contribution in [1.29, 1.82) is 0 Å². The zero-order chi connectivity index (χ0) is 13.9. The van der Waals surface area contributed by atoms with E-state index >= 15 is 0 Å². The molecule has 0 saturated heterocycles. The van der Waals surface area contributed by atoms with Crippen molar-refractivity contribution in [2.45, 2.75) is 20.4 Å². The van der Waals surface area contributed by atoms with Gasteiger partial charge in [0.1, 0.15) is 0 Å². The first-order valence-corrected chi connectivity index (χ1v) is 7.40. The maximum Gasteiger partial charge on any atom is 0.191 e. The van der Waals surface area contributed by atoms with E-state index in [9.17, 15) is 0 Å². The number of hydrogen-bond donors (Lipinski definition) is 2. The minimum absolute atomic E-state index is 0.656. The SMILES string of the molecule is CCNC(=NCc1cccc(Br)c1)NCCOCC. The molecule has 1 rings (SSSR count). The number of nitrogens with zero attached hydrogens (tertiary/aromatic N) is 1. The van der Waals surface area contributed by atoms with Crippen LogP contribution in [-0.4, -0.2) is 32.3 Å². The van der Waals surface area contributed by atoms with E-state index in [1.54, 1.807) is 0 Å². The third kappa shape index (κ3) is 7.18. The first kappa shape index (κ1) is 16.0. The molecule has 0 bridgehead atoms. The molecule has 0 aliphatic rings. The zero-order valence-electron chi connectivity index (χ0n) is 11.6. The Balaban J connectivity index is 2.47. The van der Waals surface area contributed by atoms with Crippen LogP contribution in [0.15, 0.2) is 33.7 Å². The molecule has 0 aliphatic carbocycles. The van der Waals surface area contributed by atoms with Crippen LogP contribution in [0.5, 0.6) is 0 Å². The lowest BCUT2D eigenvalue weighted by Gasteiger charge is -2.11. The van der Waals surface area contributed by atoms with Crippen LogP contribution in [0.2, 0.25) is 0 Å². The van der Waals surface area contributed by atoms with Gasteiger partial charge in [-0.25, -0.2) is 4.99 Å². The number of hydrogen-bond acceptors (Lipinski definition) is 2. The molecular weight excluding hydrogens is 306 g/mol. The van der Waals surface area contributed by atoms with Gasteiger partial charge >= 0.3 is 0 Å². The van der Waals surface area contributed by atoms with Gasteiger partial charge in [0.05, 0.1) is 13.2 Å². The van der Waals surface area contributed by atoms with Gasteiger partial charge in [-0.2, -0.15) is 0 Å². The minimum Gasteiger partial charge on any atom is -0.380 e. The molecular formula is C14H22BrN3O. The Morgan fingerprint density at radius 2 is 2.16 bits per heavy atom. The second-order valence-electron chi connectivity index (χ2n) is 3.95. The average molecular weight is 328 g/mol. The second-order valence-corrected chi connectivity index (χ2v) is 4.86. The summed E-state index contributed by atoms with van der Waals surface area (Å²) in [4.78, 5) is 4.54. The van der Waals surface area contributed by atoms with Gasteiger partial charge in [0.2, 0.25) is 0 Å². The zero-order valence-corrected chi connectivity index (χ0v) is 13.2. The highest BCUT2D eigenvalue weighted by Gasteiger charge is 1.97. The highest BCUT2D eigenvalue weighted by Crippen LogP contribution is 2.12. The number of benzene rings is 1. The molecule has 0 amide bonds. The lowest BCUT2D eigenvalue weighted by molar-refractivity contribution is 0.152. The van der Waals surface area contributed by atoms with Crippen molar-refractivity contribution < 1.29 is 4.74 Å². The largest absolute Gasteiger partial charge is 0.380 e.